The van der Waals surface area contributed by atoms with E-state index in [4.69, 9.17) is 19.4 Å². The molecule has 8 aromatic carbocycles. The molecule has 0 amide bonds. The molecule has 0 aliphatic rings. The van der Waals surface area contributed by atoms with Crippen LogP contribution in [-0.2, 0) is 0 Å². The third-order valence-corrected chi connectivity index (χ3v) is 10.1. The molecule has 10 aromatic rings. The Balaban J connectivity index is 1.06. The van der Waals surface area contributed by atoms with Crippen molar-refractivity contribution in [2.45, 2.75) is 0 Å². The lowest BCUT2D eigenvalue weighted by Crippen LogP contribution is -2.00. The second-order valence-electron chi connectivity index (χ2n) is 13.7. The van der Waals surface area contributed by atoms with Crippen LogP contribution < -0.4 is 0 Å². The van der Waals surface area contributed by atoms with E-state index in [9.17, 15) is 0 Å². The van der Waals surface area contributed by atoms with Crippen molar-refractivity contribution in [1.29, 1.82) is 0 Å². The van der Waals surface area contributed by atoms with Crippen LogP contribution in [0.25, 0.3) is 101 Å². The van der Waals surface area contributed by atoms with Gasteiger partial charge in [0.15, 0.2) is 17.5 Å². The van der Waals surface area contributed by atoms with Gasteiger partial charge in [-0.25, -0.2) is 15.0 Å². The van der Waals surface area contributed by atoms with E-state index in [1.807, 2.05) is 72.8 Å². The summed E-state index contributed by atoms with van der Waals surface area (Å²) in [6.45, 7) is 0. The summed E-state index contributed by atoms with van der Waals surface area (Å²) in [7, 11) is 0. The highest BCUT2D eigenvalue weighted by Crippen LogP contribution is 2.38. The first-order valence-corrected chi connectivity index (χ1v) is 18.4. The SMILES string of the molecule is c1ccc(-c2cc(-c3ccccc3)cc(-c3cccc(-c4ccc5oc6ccc(-c7nc(-c8ccccc8)nc(-c8ccccc8)n7)cc6c5c4)c3)c2)cc1. The number of fused-ring (bicyclic) bond motifs is 3. The second-order valence-corrected chi connectivity index (χ2v) is 13.7. The van der Waals surface area contributed by atoms with Gasteiger partial charge in [-0.1, -0.05) is 146 Å². The molecular weight excluding hydrogens is 671 g/mol. The van der Waals surface area contributed by atoms with E-state index in [-0.39, 0.29) is 0 Å². The fourth-order valence-corrected chi connectivity index (χ4v) is 7.30. The maximum atomic E-state index is 6.37. The van der Waals surface area contributed by atoms with E-state index in [1.54, 1.807) is 0 Å². The number of benzene rings is 8. The van der Waals surface area contributed by atoms with Crippen molar-refractivity contribution in [3.05, 3.63) is 200 Å². The molecule has 0 aliphatic carbocycles. The smallest absolute Gasteiger partial charge is 0.164 e. The zero-order valence-corrected chi connectivity index (χ0v) is 29.8. The summed E-state index contributed by atoms with van der Waals surface area (Å²) in [6.07, 6.45) is 0. The summed E-state index contributed by atoms with van der Waals surface area (Å²) in [5.74, 6) is 1.88. The zero-order valence-electron chi connectivity index (χ0n) is 29.8. The molecule has 258 valence electrons. The van der Waals surface area contributed by atoms with Gasteiger partial charge >= 0.3 is 0 Å². The summed E-state index contributed by atoms with van der Waals surface area (Å²) in [6, 6.07) is 69.6. The fourth-order valence-electron chi connectivity index (χ4n) is 7.30. The number of furan rings is 1. The Hall–Kier alpha value is -7.43. The van der Waals surface area contributed by atoms with Gasteiger partial charge in [0.05, 0.1) is 0 Å². The third-order valence-electron chi connectivity index (χ3n) is 10.1. The van der Waals surface area contributed by atoms with Gasteiger partial charge in [-0.3, -0.25) is 0 Å². The molecule has 0 N–H and O–H groups in total. The van der Waals surface area contributed by atoms with Crippen molar-refractivity contribution in [1.82, 2.24) is 15.0 Å². The van der Waals surface area contributed by atoms with E-state index in [2.05, 4.69) is 127 Å². The van der Waals surface area contributed by atoms with Crippen LogP contribution in [0.3, 0.4) is 0 Å². The summed E-state index contributed by atoms with van der Waals surface area (Å²) < 4.78 is 6.37. The van der Waals surface area contributed by atoms with Crippen LogP contribution in [0.1, 0.15) is 0 Å². The molecular formula is C51H33N3O. The van der Waals surface area contributed by atoms with Crippen LogP contribution >= 0.6 is 0 Å². The van der Waals surface area contributed by atoms with E-state index < -0.39 is 0 Å². The highest BCUT2D eigenvalue weighted by atomic mass is 16.3. The number of nitrogens with zero attached hydrogens (tertiary/aromatic N) is 3. The number of aromatic nitrogens is 3. The molecule has 0 aliphatic heterocycles. The van der Waals surface area contributed by atoms with Gasteiger partial charge in [0.2, 0.25) is 0 Å². The first-order chi connectivity index (χ1) is 27.2. The molecule has 4 heteroatoms. The normalized spacial score (nSPS) is 11.3. The maximum Gasteiger partial charge on any atom is 0.164 e. The molecule has 0 atom stereocenters. The van der Waals surface area contributed by atoms with Crippen molar-refractivity contribution in [3.63, 3.8) is 0 Å². The van der Waals surface area contributed by atoms with Gasteiger partial charge < -0.3 is 4.42 Å². The Labute approximate surface area is 319 Å². The lowest BCUT2D eigenvalue weighted by atomic mass is 9.92. The summed E-state index contributed by atoms with van der Waals surface area (Å²) >= 11 is 0. The van der Waals surface area contributed by atoms with E-state index >= 15 is 0 Å². The molecule has 0 unspecified atom stereocenters. The van der Waals surface area contributed by atoms with Crippen LogP contribution in [0.2, 0.25) is 0 Å². The Bertz CT molecular complexity index is 2840. The van der Waals surface area contributed by atoms with Gasteiger partial charge in [-0.15, -0.1) is 0 Å². The molecule has 4 nitrogen and oxygen atoms in total. The van der Waals surface area contributed by atoms with E-state index in [0.717, 1.165) is 55.3 Å². The molecule has 0 saturated carbocycles. The monoisotopic (exact) mass is 703 g/mol. The first kappa shape index (κ1) is 32.2. The highest BCUT2D eigenvalue weighted by Gasteiger charge is 2.16. The molecule has 2 aromatic heterocycles. The van der Waals surface area contributed by atoms with Crippen LogP contribution in [-0.4, -0.2) is 15.0 Å². The number of hydrogen-bond acceptors (Lipinski definition) is 4. The lowest BCUT2D eigenvalue weighted by molar-refractivity contribution is 0.669. The first-order valence-electron chi connectivity index (χ1n) is 18.4. The quantitative estimate of drug-likeness (QED) is 0.166. The van der Waals surface area contributed by atoms with Crippen LogP contribution in [0.15, 0.2) is 205 Å². The molecule has 0 fully saturated rings. The van der Waals surface area contributed by atoms with Crippen molar-refractivity contribution >= 4 is 21.9 Å². The van der Waals surface area contributed by atoms with Crippen molar-refractivity contribution in [2.75, 3.05) is 0 Å². The maximum absolute atomic E-state index is 6.37. The Morgan fingerprint density at radius 1 is 0.236 bits per heavy atom. The van der Waals surface area contributed by atoms with Crippen molar-refractivity contribution in [2.24, 2.45) is 0 Å². The van der Waals surface area contributed by atoms with Crippen LogP contribution in [0, 0.1) is 0 Å². The molecule has 0 radical (unpaired) electrons. The van der Waals surface area contributed by atoms with Crippen LogP contribution in [0.5, 0.6) is 0 Å². The number of rotatable bonds is 7. The molecule has 0 spiro atoms. The second kappa shape index (κ2) is 13.8. The van der Waals surface area contributed by atoms with E-state index in [0.29, 0.717) is 17.5 Å². The third kappa shape index (κ3) is 6.36. The van der Waals surface area contributed by atoms with Crippen LogP contribution in [0.4, 0.5) is 0 Å². The topological polar surface area (TPSA) is 51.8 Å². The Morgan fingerprint density at radius 2 is 0.564 bits per heavy atom. The van der Waals surface area contributed by atoms with Crippen molar-refractivity contribution in [3.8, 4) is 78.7 Å². The average molecular weight is 704 g/mol. The van der Waals surface area contributed by atoms with E-state index in [1.165, 1.54) is 27.8 Å². The fraction of sp³-hybridized carbons (Fsp3) is 0. The standard InChI is InChI=1S/C51H33N3O/c1-5-14-34(15-6-1)42-29-43(35-16-7-2-8-17-35)31-44(30-42)39-23-13-22-38(28-39)40-24-26-47-45(32-40)46-33-41(25-27-48(46)55-47)51-53-49(36-18-9-3-10-19-36)52-50(54-51)37-20-11-4-12-21-37/h1-33H. The molecule has 55 heavy (non-hydrogen) atoms. The minimum Gasteiger partial charge on any atom is -0.456 e. The van der Waals surface area contributed by atoms with Gasteiger partial charge in [0.25, 0.3) is 0 Å². The molecule has 0 saturated heterocycles. The highest BCUT2D eigenvalue weighted by molar-refractivity contribution is 6.07. The summed E-state index contributed by atoms with van der Waals surface area (Å²) in [4.78, 5) is 14.8. The van der Waals surface area contributed by atoms with Gasteiger partial charge in [0, 0.05) is 27.5 Å². The predicted octanol–water partition coefficient (Wildman–Crippen LogP) is 13.4. The zero-order chi connectivity index (χ0) is 36.6. The molecule has 10 rings (SSSR count). The van der Waals surface area contributed by atoms with Gasteiger partial charge in [-0.05, 0) is 99.1 Å². The van der Waals surface area contributed by atoms with Gasteiger partial charge in [0.1, 0.15) is 11.2 Å². The Morgan fingerprint density at radius 3 is 1.05 bits per heavy atom. The Kier molecular flexibility index (Phi) is 8.12. The molecule has 0 bridgehead atoms. The van der Waals surface area contributed by atoms with Gasteiger partial charge in [-0.2, -0.15) is 0 Å². The number of hydrogen-bond donors (Lipinski definition) is 0. The predicted molar refractivity (Wildman–Crippen MR) is 225 cm³/mol. The lowest BCUT2D eigenvalue weighted by Gasteiger charge is -2.12. The average Bonchev–Trinajstić information content (AvgIpc) is 3.65. The summed E-state index contributed by atoms with van der Waals surface area (Å²) in [5, 5.41) is 2.05. The summed E-state index contributed by atoms with van der Waals surface area (Å²) in [5.41, 5.74) is 13.8. The molecule has 2 heterocycles. The van der Waals surface area contributed by atoms with Crippen molar-refractivity contribution < 1.29 is 4.42 Å². The largest absolute Gasteiger partial charge is 0.456 e. The minimum atomic E-state index is 0.611. The minimum absolute atomic E-state index is 0.611.